The van der Waals surface area contributed by atoms with E-state index in [0.29, 0.717) is 0 Å². The van der Waals surface area contributed by atoms with Gasteiger partial charge in [-0.3, -0.25) is 0 Å². The van der Waals surface area contributed by atoms with E-state index in [2.05, 4.69) is 55.4 Å². The van der Waals surface area contributed by atoms with Crippen molar-refractivity contribution in [1.82, 2.24) is 0 Å². The smallest absolute Gasteiger partial charge is 0.0383 e. The van der Waals surface area contributed by atoms with E-state index in [-0.39, 0.29) is 0 Å². The van der Waals surface area contributed by atoms with Gasteiger partial charge < -0.3 is 0 Å². The van der Waals surface area contributed by atoms with E-state index < -0.39 is 0 Å². The summed E-state index contributed by atoms with van der Waals surface area (Å²) in [7, 11) is 0. The Kier molecular flexibility index (Phi) is 28.0. The largest absolute Gasteiger partial charge is 0.0625 e. The van der Waals surface area contributed by atoms with Crippen LogP contribution in [0.5, 0.6) is 0 Å². The molecule has 0 heterocycles. The second-order valence-corrected chi connectivity index (χ2v) is 20.7. The third-order valence-corrected chi connectivity index (χ3v) is 14.6. The van der Waals surface area contributed by atoms with Crippen molar-refractivity contribution in [3.63, 3.8) is 0 Å². The highest BCUT2D eigenvalue weighted by atomic mass is 14.3. The van der Waals surface area contributed by atoms with Crippen molar-refractivity contribution in [2.45, 2.75) is 267 Å². The molecule has 0 nitrogen and oxygen atoms in total. The minimum atomic E-state index is 0.989. The molecule has 0 aromatic heterocycles. The van der Waals surface area contributed by atoms with Gasteiger partial charge in [-0.25, -0.2) is 0 Å². The lowest BCUT2D eigenvalue weighted by Crippen LogP contribution is -2.22. The fourth-order valence-electron chi connectivity index (χ4n) is 9.87. The van der Waals surface area contributed by atoms with Gasteiger partial charge in [-0.2, -0.15) is 0 Å². The number of rotatable bonds is 1. The maximum absolute atomic E-state index is 2.51. The first-order valence-corrected chi connectivity index (χ1v) is 24.6. The van der Waals surface area contributed by atoms with Crippen LogP contribution >= 0.6 is 0 Å². The summed E-state index contributed by atoms with van der Waals surface area (Å²) >= 11 is 0. The van der Waals surface area contributed by atoms with Gasteiger partial charge in [-0.05, 0) is 72.0 Å². The summed E-state index contributed by atoms with van der Waals surface area (Å²) in [4.78, 5) is 0. The molecule has 0 aliphatic heterocycles. The highest BCUT2D eigenvalue weighted by molar-refractivity contribution is 4.78. The standard InChI is InChI=1S/C18H34.2C10H20.C9H18.C4H8/c1-15-10-11-16(2)14-18(13-12-15)17-8-6-4-3-5-7-9-17;2*1-9-5-3-4-6-10(2)8-7-9;1-9-7-5-3-2-4-6-8-9;1-4-2-3-4/h15-18H,3-14H2,1-2H3;2*9-10H,3-8H2,1-2H3;9H,2-8H2,1H3;4H,2-3H2,1H3. The van der Waals surface area contributed by atoms with Crippen molar-refractivity contribution in [2.75, 3.05) is 0 Å². The first-order valence-electron chi connectivity index (χ1n) is 24.6. The summed E-state index contributed by atoms with van der Waals surface area (Å²) in [5.41, 5.74) is 0. The second kappa shape index (κ2) is 30.2. The molecule has 6 aliphatic carbocycles. The maximum atomic E-state index is 2.51. The summed E-state index contributed by atoms with van der Waals surface area (Å²) in [5.74, 6) is 10.2. The van der Waals surface area contributed by atoms with E-state index in [1.807, 2.05) is 0 Å². The van der Waals surface area contributed by atoms with Gasteiger partial charge >= 0.3 is 0 Å². The first kappa shape index (κ1) is 47.2. The minimum absolute atomic E-state index is 0.989. The average Bonchev–Trinajstić information content (AvgIpc) is 3.86. The molecule has 6 saturated carbocycles. The molecule has 51 heavy (non-hydrogen) atoms. The van der Waals surface area contributed by atoms with Gasteiger partial charge in [0, 0.05) is 0 Å². The van der Waals surface area contributed by atoms with Crippen LogP contribution in [0.2, 0.25) is 0 Å². The van der Waals surface area contributed by atoms with Gasteiger partial charge in [-0.15, -0.1) is 0 Å². The Bertz CT molecular complexity index is 685. The zero-order valence-corrected chi connectivity index (χ0v) is 37.1. The monoisotopic (exact) mass is 713 g/mol. The molecule has 0 saturated heterocycles. The van der Waals surface area contributed by atoms with E-state index >= 15 is 0 Å². The van der Waals surface area contributed by atoms with Gasteiger partial charge in [0.2, 0.25) is 0 Å². The molecule has 0 amide bonds. The third kappa shape index (κ3) is 27.3. The highest BCUT2D eigenvalue weighted by Gasteiger charge is 2.26. The fraction of sp³-hybridized carbons (Fsp3) is 1.00. The molecule has 6 fully saturated rings. The summed E-state index contributed by atoms with van der Waals surface area (Å²) in [6.45, 7) is 19.3. The predicted octanol–water partition coefficient (Wildman–Crippen LogP) is 18.2. The summed E-state index contributed by atoms with van der Waals surface area (Å²) in [5, 5.41) is 0. The molecule has 7 unspecified atom stereocenters. The predicted molar refractivity (Wildman–Crippen MR) is 233 cm³/mol. The van der Waals surface area contributed by atoms with Gasteiger partial charge in [0.25, 0.3) is 0 Å². The van der Waals surface area contributed by atoms with Crippen LogP contribution in [0.1, 0.15) is 267 Å². The Morgan fingerprint density at radius 2 is 0.392 bits per heavy atom. The van der Waals surface area contributed by atoms with Crippen LogP contribution in [-0.2, 0) is 0 Å². The summed E-state index contributed by atoms with van der Waals surface area (Å²) < 4.78 is 0. The van der Waals surface area contributed by atoms with E-state index in [0.717, 1.165) is 59.2 Å². The van der Waals surface area contributed by atoms with Crippen LogP contribution in [0.3, 0.4) is 0 Å². The lowest BCUT2D eigenvalue weighted by molar-refractivity contribution is 0.180. The van der Waals surface area contributed by atoms with Crippen LogP contribution in [0, 0.1) is 59.2 Å². The van der Waals surface area contributed by atoms with Crippen LogP contribution in [0.15, 0.2) is 0 Å². The lowest BCUT2D eigenvalue weighted by Gasteiger charge is -2.33. The molecule has 6 aliphatic rings. The number of hydrogen-bond donors (Lipinski definition) is 0. The van der Waals surface area contributed by atoms with Crippen molar-refractivity contribution >= 4 is 0 Å². The Morgan fingerprint density at radius 1 is 0.176 bits per heavy atom. The maximum Gasteiger partial charge on any atom is -0.0383 e. The normalized spacial score (nSPS) is 34.0. The van der Waals surface area contributed by atoms with Gasteiger partial charge in [0.15, 0.2) is 0 Å². The molecule has 0 aromatic carbocycles. The fourth-order valence-corrected chi connectivity index (χ4v) is 9.87. The van der Waals surface area contributed by atoms with Crippen LogP contribution in [0.4, 0.5) is 0 Å². The molecular formula is C51H100. The van der Waals surface area contributed by atoms with Crippen molar-refractivity contribution < 1.29 is 0 Å². The molecule has 304 valence electrons. The molecule has 0 aromatic rings. The molecule has 0 N–H and O–H groups in total. The molecule has 0 spiro atoms. The first-order chi connectivity index (χ1) is 24.6. The zero-order chi connectivity index (χ0) is 37.1. The second-order valence-electron chi connectivity index (χ2n) is 20.7. The molecule has 6 rings (SSSR count). The summed E-state index contributed by atoms with van der Waals surface area (Å²) in [6.07, 6.45) is 49.3. The lowest BCUT2D eigenvalue weighted by atomic mass is 9.72. The SMILES string of the molecule is CC1CC1.CC1CCC(C)CC(C2CCCCCCC2)CC1.CC1CCCCC(C)CC1.CC1CCCCC(C)CC1.CC1CCCCCCC1. The van der Waals surface area contributed by atoms with Crippen molar-refractivity contribution in [3.05, 3.63) is 0 Å². The molecule has 0 heteroatoms. The van der Waals surface area contributed by atoms with Gasteiger partial charge in [0.1, 0.15) is 0 Å². The van der Waals surface area contributed by atoms with Crippen molar-refractivity contribution in [2.24, 2.45) is 59.2 Å². The minimum Gasteiger partial charge on any atom is -0.0625 e. The van der Waals surface area contributed by atoms with Crippen LogP contribution in [0.25, 0.3) is 0 Å². The Morgan fingerprint density at radius 3 is 0.745 bits per heavy atom. The third-order valence-electron chi connectivity index (χ3n) is 14.6. The van der Waals surface area contributed by atoms with Crippen LogP contribution < -0.4 is 0 Å². The number of hydrogen-bond acceptors (Lipinski definition) is 0. The van der Waals surface area contributed by atoms with E-state index in [4.69, 9.17) is 0 Å². The quantitative estimate of drug-likeness (QED) is 0.254. The molecular weight excluding hydrogens is 613 g/mol. The van der Waals surface area contributed by atoms with Crippen molar-refractivity contribution in [3.8, 4) is 0 Å². The van der Waals surface area contributed by atoms with E-state index in [1.54, 1.807) is 12.8 Å². The zero-order valence-electron chi connectivity index (χ0n) is 37.1. The Labute approximate surface area is 325 Å². The van der Waals surface area contributed by atoms with Gasteiger partial charge in [-0.1, -0.05) is 254 Å². The summed E-state index contributed by atoms with van der Waals surface area (Å²) in [6, 6.07) is 0. The topological polar surface area (TPSA) is 0 Å². The molecule has 0 radical (unpaired) electrons. The van der Waals surface area contributed by atoms with Crippen LogP contribution in [-0.4, -0.2) is 0 Å². The Balaban J connectivity index is 0.000000236. The van der Waals surface area contributed by atoms with Gasteiger partial charge in [0.05, 0.1) is 0 Å². The Hall–Kier alpha value is 0. The average molecular weight is 713 g/mol. The molecule has 0 bridgehead atoms. The highest BCUT2D eigenvalue weighted by Crippen LogP contribution is 2.38. The van der Waals surface area contributed by atoms with E-state index in [9.17, 15) is 0 Å². The van der Waals surface area contributed by atoms with Crippen molar-refractivity contribution in [1.29, 1.82) is 0 Å². The molecule has 7 atom stereocenters. The van der Waals surface area contributed by atoms with E-state index in [1.165, 1.54) is 199 Å².